The molecule has 2 heterocycles. The van der Waals surface area contributed by atoms with Crippen molar-refractivity contribution in [2.45, 2.75) is 25.9 Å². The van der Waals surface area contributed by atoms with Gasteiger partial charge in [0.05, 0.1) is 29.7 Å². The number of piperazine rings is 1. The van der Waals surface area contributed by atoms with Gasteiger partial charge < -0.3 is 24.0 Å². The standard InChI is InChI=1S/C27H25F6N3O5S/c1-3-40-25(38)36-10-8-35(9-11-36)24-34-23(37)22(42-24)13-16-4-7-20(21(12-16)39-2)41-15-17-5-6-18(26(28,29)30)14-19(17)27(31,32)33/h4-7,12-14H,3,8-11,15H2,1-2H3. The number of thioether (sulfide) groups is 1. The monoisotopic (exact) mass is 617 g/mol. The van der Waals surface area contributed by atoms with Gasteiger partial charge in [0.25, 0.3) is 5.91 Å². The van der Waals surface area contributed by atoms with Gasteiger partial charge in [0.1, 0.15) is 6.61 Å². The van der Waals surface area contributed by atoms with E-state index >= 15 is 0 Å². The zero-order chi connectivity index (χ0) is 30.7. The topological polar surface area (TPSA) is 80.7 Å². The summed E-state index contributed by atoms with van der Waals surface area (Å²) in [5.41, 5.74) is -2.83. The highest BCUT2D eigenvalue weighted by molar-refractivity contribution is 8.18. The SMILES string of the molecule is CCOC(=O)N1CCN(C2=NC(=O)C(=Cc3ccc(OCc4ccc(C(F)(F)F)cc4C(F)(F)F)c(OC)c3)S2)CC1. The average molecular weight is 618 g/mol. The van der Waals surface area contributed by atoms with E-state index < -0.39 is 47.7 Å². The summed E-state index contributed by atoms with van der Waals surface area (Å²) < 4.78 is 95.1. The minimum Gasteiger partial charge on any atom is -0.493 e. The molecule has 2 aromatic rings. The number of nitrogens with zero attached hydrogens (tertiary/aromatic N) is 3. The third-order valence-corrected chi connectivity index (χ3v) is 7.34. The zero-order valence-electron chi connectivity index (χ0n) is 22.3. The number of amides is 2. The third kappa shape index (κ3) is 7.30. The number of alkyl halides is 6. The first-order valence-corrected chi connectivity index (χ1v) is 13.4. The van der Waals surface area contributed by atoms with Gasteiger partial charge in [-0.05, 0) is 54.6 Å². The van der Waals surface area contributed by atoms with Gasteiger partial charge in [0, 0.05) is 31.7 Å². The van der Waals surface area contributed by atoms with E-state index in [0.29, 0.717) is 47.9 Å². The second kappa shape index (κ2) is 12.5. The summed E-state index contributed by atoms with van der Waals surface area (Å²) in [6, 6.07) is 5.82. The van der Waals surface area contributed by atoms with E-state index in [1.807, 2.05) is 4.90 Å². The molecule has 0 N–H and O–H groups in total. The highest BCUT2D eigenvalue weighted by Gasteiger charge is 2.38. The molecule has 8 nitrogen and oxygen atoms in total. The predicted molar refractivity (Wildman–Crippen MR) is 142 cm³/mol. The molecule has 0 aliphatic carbocycles. The van der Waals surface area contributed by atoms with Crippen molar-refractivity contribution in [3.05, 3.63) is 63.6 Å². The minimum atomic E-state index is -5.03. The molecule has 0 unspecified atom stereocenters. The summed E-state index contributed by atoms with van der Waals surface area (Å²) in [7, 11) is 1.31. The van der Waals surface area contributed by atoms with Crippen molar-refractivity contribution >= 4 is 35.0 Å². The van der Waals surface area contributed by atoms with E-state index in [9.17, 15) is 35.9 Å². The van der Waals surface area contributed by atoms with Crippen LogP contribution in [0.2, 0.25) is 0 Å². The van der Waals surface area contributed by atoms with Crippen LogP contribution >= 0.6 is 11.8 Å². The number of carbonyl (C=O) groups is 2. The van der Waals surface area contributed by atoms with E-state index in [1.165, 1.54) is 31.0 Å². The molecule has 42 heavy (non-hydrogen) atoms. The number of methoxy groups -OCH3 is 1. The Bertz CT molecular complexity index is 1400. The Labute approximate surface area is 240 Å². The number of hydrogen-bond acceptors (Lipinski definition) is 7. The number of carbonyl (C=O) groups excluding carboxylic acids is 2. The van der Waals surface area contributed by atoms with Gasteiger partial charge in [-0.25, -0.2) is 4.79 Å². The smallest absolute Gasteiger partial charge is 0.416 e. The van der Waals surface area contributed by atoms with Crippen LogP contribution in [0, 0.1) is 0 Å². The summed E-state index contributed by atoms with van der Waals surface area (Å²) in [6.07, 6.45) is -8.78. The normalized spacial score (nSPS) is 17.0. The summed E-state index contributed by atoms with van der Waals surface area (Å²) in [5.74, 6) is -0.268. The van der Waals surface area contributed by atoms with Crippen LogP contribution < -0.4 is 9.47 Å². The van der Waals surface area contributed by atoms with Crippen LogP contribution in [0.5, 0.6) is 11.5 Å². The van der Waals surface area contributed by atoms with Crippen molar-refractivity contribution in [3.8, 4) is 11.5 Å². The van der Waals surface area contributed by atoms with Crippen molar-refractivity contribution in [1.29, 1.82) is 0 Å². The Morgan fingerprint density at radius 2 is 1.71 bits per heavy atom. The molecule has 226 valence electrons. The first-order valence-electron chi connectivity index (χ1n) is 12.6. The Morgan fingerprint density at radius 1 is 1.00 bits per heavy atom. The van der Waals surface area contributed by atoms with Crippen molar-refractivity contribution in [1.82, 2.24) is 9.80 Å². The molecule has 1 saturated heterocycles. The lowest BCUT2D eigenvalue weighted by Gasteiger charge is -2.34. The maximum atomic E-state index is 13.5. The Hall–Kier alpha value is -3.88. The van der Waals surface area contributed by atoms with E-state index in [2.05, 4.69) is 4.99 Å². The zero-order valence-corrected chi connectivity index (χ0v) is 23.2. The van der Waals surface area contributed by atoms with Gasteiger partial charge in [-0.2, -0.15) is 31.3 Å². The third-order valence-electron chi connectivity index (χ3n) is 6.30. The van der Waals surface area contributed by atoms with Crippen molar-refractivity contribution in [2.24, 2.45) is 4.99 Å². The Kier molecular flexibility index (Phi) is 9.28. The molecule has 0 bridgehead atoms. The molecule has 15 heteroatoms. The van der Waals surface area contributed by atoms with Crippen LogP contribution in [0.15, 0.2) is 46.3 Å². The molecule has 2 aliphatic heterocycles. The van der Waals surface area contributed by atoms with E-state index in [1.54, 1.807) is 24.0 Å². The molecule has 0 aromatic heterocycles. The first-order chi connectivity index (χ1) is 19.8. The lowest BCUT2D eigenvalue weighted by molar-refractivity contribution is -0.143. The van der Waals surface area contributed by atoms with Crippen molar-refractivity contribution in [3.63, 3.8) is 0 Å². The number of amidine groups is 1. The highest BCUT2D eigenvalue weighted by Crippen LogP contribution is 2.39. The van der Waals surface area contributed by atoms with Gasteiger partial charge in [-0.3, -0.25) is 4.79 Å². The van der Waals surface area contributed by atoms with Gasteiger partial charge in [0.15, 0.2) is 16.7 Å². The summed E-state index contributed by atoms with van der Waals surface area (Å²) in [6.45, 7) is 3.12. The highest BCUT2D eigenvalue weighted by atomic mass is 32.2. The number of benzene rings is 2. The Morgan fingerprint density at radius 3 is 2.33 bits per heavy atom. The fourth-order valence-electron chi connectivity index (χ4n) is 4.17. The van der Waals surface area contributed by atoms with E-state index in [0.717, 1.165) is 6.07 Å². The molecule has 0 radical (unpaired) electrons. The van der Waals surface area contributed by atoms with E-state index in [4.69, 9.17) is 14.2 Å². The van der Waals surface area contributed by atoms with Crippen LogP contribution in [-0.4, -0.2) is 66.9 Å². The molecule has 4 rings (SSSR count). The van der Waals surface area contributed by atoms with Gasteiger partial charge in [-0.15, -0.1) is 0 Å². The fraction of sp³-hybridized carbons (Fsp3) is 0.370. The molecule has 2 aromatic carbocycles. The lowest BCUT2D eigenvalue weighted by atomic mass is 10.0. The number of halogens is 6. The average Bonchev–Trinajstić information content (AvgIpc) is 3.31. The molecular weight excluding hydrogens is 592 g/mol. The summed E-state index contributed by atoms with van der Waals surface area (Å²) in [4.78, 5) is 32.4. The summed E-state index contributed by atoms with van der Waals surface area (Å²) in [5, 5.41) is 0.499. The van der Waals surface area contributed by atoms with Crippen molar-refractivity contribution < 1.29 is 50.1 Å². The van der Waals surface area contributed by atoms with Crippen LogP contribution in [0.1, 0.15) is 29.2 Å². The second-order valence-corrected chi connectivity index (χ2v) is 10.1. The quantitative estimate of drug-likeness (QED) is 0.288. The first kappa shape index (κ1) is 31.1. The van der Waals surface area contributed by atoms with Gasteiger partial charge in [-0.1, -0.05) is 12.1 Å². The number of ether oxygens (including phenoxy) is 3. The largest absolute Gasteiger partial charge is 0.493 e. The van der Waals surface area contributed by atoms with E-state index in [-0.39, 0.29) is 24.2 Å². The minimum absolute atomic E-state index is 0.0504. The molecule has 0 spiro atoms. The van der Waals surface area contributed by atoms with Crippen molar-refractivity contribution in [2.75, 3.05) is 39.9 Å². The maximum Gasteiger partial charge on any atom is 0.416 e. The summed E-state index contributed by atoms with van der Waals surface area (Å²) >= 11 is 1.17. The lowest BCUT2D eigenvalue weighted by Crippen LogP contribution is -2.50. The van der Waals surface area contributed by atoms with Crippen LogP contribution in [0.25, 0.3) is 6.08 Å². The predicted octanol–water partition coefficient (Wildman–Crippen LogP) is 6.06. The fourth-order valence-corrected chi connectivity index (χ4v) is 5.14. The maximum absolute atomic E-state index is 13.5. The molecule has 0 atom stereocenters. The molecule has 0 saturated carbocycles. The van der Waals surface area contributed by atoms with Gasteiger partial charge >= 0.3 is 18.4 Å². The van der Waals surface area contributed by atoms with Gasteiger partial charge in [0.2, 0.25) is 0 Å². The van der Waals surface area contributed by atoms with Crippen LogP contribution in [-0.2, 0) is 28.5 Å². The molecule has 2 amide bonds. The van der Waals surface area contributed by atoms with Crippen LogP contribution in [0.3, 0.4) is 0 Å². The number of hydrogen-bond donors (Lipinski definition) is 0. The number of aliphatic imine (C=N–C) groups is 1. The molecule has 1 fully saturated rings. The second-order valence-electron chi connectivity index (χ2n) is 9.05. The number of rotatable bonds is 6. The Balaban J connectivity index is 1.43. The van der Waals surface area contributed by atoms with Crippen LogP contribution in [0.4, 0.5) is 31.1 Å². The molecular formula is C27H25F6N3O5S. The molecule has 2 aliphatic rings.